The highest BCUT2D eigenvalue weighted by Crippen LogP contribution is 2.22. The van der Waals surface area contributed by atoms with Gasteiger partial charge in [0.05, 0.1) is 0 Å². The van der Waals surface area contributed by atoms with E-state index >= 15 is 0 Å². The van der Waals surface area contributed by atoms with E-state index in [0.717, 1.165) is 37.3 Å². The van der Waals surface area contributed by atoms with Gasteiger partial charge in [-0.2, -0.15) is 0 Å². The molecule has 122 valence electrons. The Labute approximate surface area is 137 Å². The fourth-order valence-corrected chi connectivity index (χ4v) is 2.34. The summed E-state index contributed by atoms with van der Waals surface area (Å²) in [4.78, 5) is 14.1. The monoisotopic (exact) mass is 312 g/mol. The second-order valence-corrected chi connectivity index (χ2v) is 5.32. The molecule has 0 aliphatic rings. The number of aromatic nitrogens is 2. The molecule has 1 N–H and O–H groups in total. The van der Waals surface area contributed by atoms with Crippen LogP contribution in [0, 0.1) is 0 Å². The molecular formula is C18H24N4O. The molecule has 0 saturated heterocycles. The molecule has 0 atom stereocenters. The lowest BCUT2D eigenvalue weighted by atomic mass is 10.2. The number of rotatable bonds is 8. The van der Waals surface area contributed by atoms with Crippen LogP contribution in [0.2, 0.25) is 0 Å². The standard InChI is InChI=1S/C18H24N4O/c1-3-5-9-14-19-18(23)16-12-13-17(21-20-16)22(4-2)15-10-7-6-8-11-15/h6-8,10-13H,3-5,9,14H2,1-2H3,(H,19,23). The molecule has 1 aromatic heterocycles. The van der Waals surface area contributed by atoms with E-state index in [1.54, 1.807) is 6.07 Å². The van der Waals surface area contributed by atoms with Gasteiger partial charge in [-0.15, -0.1) is 10.2 Å². The highest BCUT2D eigenvalue weighted by molar-refractivity contribution is 5.92. The van der Waals surface area contributed by atoms with Gasteiger partial charge in [0.2, 0.25) is 0 Å². The van der Waals surface area contributed by atoms with E-state index in [-0.39, 0.29) is 5.91 Å². The van der Waals surface area contributed by atoms with Crippen molar-refractivity contribution in [2.45, 2.75) is 33.1 Å². The minimum Gasteiger partial charge on any atom is -0.351 e. The lowest BCUT2D eigenvalue weighted by Crippen LogP contribution is -2.26. The Balaban J connectivity index is 2.02. The lowest BCUT2D eigenvalue weighted by Gasteiger charge is -2.21. The Kier molecular flexibility index (Phi) is 6.54. The molecule has 5 heteroatoms. The third-order valence-corrected chi connectivity index (χ3v) is 3.61. The van der Waals surface area contributed by atoms with E-state index in [9.17, 15) is 4.79 Å². The Hall–Kier alpha value is -2.43. The van der Waals surface area contributed by atoms with Gasteiger partial charge in [0.1, 0.15) is 0 Å². The van der Waals surface area contributed by atoms with Gasteiger partial charge in [0, 0.05) is 18.8 Å². The van der Waals surface area contributed by atoms with Crippen molar-refractivity contribution in [1.82, 2.24) is 15.5 Å². The van der Waals surface area contributed by atoms with Crippen LogP contribution in [0.4, 0.5) is 11.5 Å². The maximum Gasteiger partial charge on any atom is 0.271 e. The topological polar surface area (TPSA) is 58.1 Å². The number of amides is 1. The number of carbonyl (C=O) groups is 1. The van der Waals surface area contributed by atoms with Crippen molar-refractivity contribution >= 4 is 17.4 Å². The average molecular weight is 312 g/mol. The number of carbonyl (C=O) groups excluding carboxylic acids is 1. The van der Waals surface area contributed by atoms with Crippen molar-refractivity contribution in [2.75, 3.05) is 18.0 Å². The van der Waals surface area contributed by atoms with Crippen LogP contribution in [0.5, 0.6) is 0 Å². The summed E-state index contributed by atoms with van der Waals surface area (Å²) in [5.41, 5.74) is 1.41. The Morgan fingerprint density at radius 1 is 1.04 bits per heavy atom. The number of benzene rings is 1. The van der Waals surface area contributed by atoms with Gasteiger partial charge < -0.3 is 10.2 Å². The van der Waals surface area contributed by atoms with Crippen LogP contribution in [0.1, 0.15) is 43.6 Å². The summed E-state index contributed by atoms with van der Waals surface area (Å²) in [6.45, 7) is 5.66. The largest absolute Gasteiger partial charge is 0.351 e. The first-order valence-electron chi connectivity index (χ1n) is 8.20. The number of nitrogens with one attached hydrogen (secondary N) is 1. The number of nitrogens with zero attached hydrogens (tertiary/aromatic N) is 3. The van der Waals surface area contributed by atoms with Crippen molar-refractivity contribution in [3.63, 3.8) is 0 Å². The molecular weight excluding hydrogens is 288 g/mol. The molecule has 0 unspecified atom stereocenters. The third-order valence-electron chi connectivity index (χ3n) is 3.61. The summed E-state index contributed by atoms with van der Waals surface area (Å²) in [5.74, 6) is 0.573. The number of hydrogen-bond acceptors (Lipinski definition) is 4. The zero-order chi connectivity index (χ0) is 16.5. The maximum atomic E-state index is 12.0. The van der Waals surface area contributed by atoms with Gasteiger partial charge in [-0.1, -0.05) is 38.0 Å². The van der Waals surface area contributed by atoms with Crippen LogP contribution in [-0.2, 0) is 0 Å². The molecule has 0 aliphatic carbocycles. The minimum absolute atomic E-state index is 0.164. The normalized spacial score (nSPS) is 10.3. The minimum atomic E-state index is -0.164. The molecule has 0 fully saturated rings. The molecule has 23 heavy (non-hydrogen) atoms. The first-order valence-corrected chi connectivity index (χ1v) is 8.20. The van der Waals surface area contributed by atoms with Gasteiger partial charge >= 0.3 is 0 Å². The molecule has 0 bridgehead atoms. The molecule has 1 heterocycles. The SMILES string of the molecule is CCCCCNC(=O)c1ccc(N(CC)c2ccccc2)nn1. The summed E-state index contributed by atoms with van der Waals surface area (Å²) in [6.07, 6.45) is 3.25. The number of hydrogen-bond donors (Lipinski definition) is 1. The van der Waals surface area contributed by atoms with E-state index in [1.807, 2.05) is 36.4 Å². The zero-order valence-electron chi connectivity index (χ0n) is 13.8. The Morgan fingerprint density at radius 3 is 2.43 bits per heavy atom. The smallest absolute Gasteiger partial charge is 0.271 e. The molecule has 0 aliphatic heterocycles. The summed E-state index contributed by atoms with van der Waals surface area (Å²) in [6, 6.07) is 13.6. The summed E-state index contributed by atoms with van der Waals surface area (Å²) >= 11 is 0. The highest BCUT2D eigenvalue weighted by atomic mass is 16.1. The summed E-state index contributed by atoms with van der Waals surface area (Å²) in [5, 5.41) is 11.1. The lowest BCUT2D eigenvalue weighted by molar-refractivity contribution is 0.0947. The van der Waals surface area contributed by atoms with Crippen LogP contribution in [-0.4, -0.2) is 29.2 Å². The fraction of sp³-hybridized carbons (Fsp3) is 0.389. The van der Waals surface area contributed by atoms with Crippen LogP contribution in [0.3, 0.4) is 0 Å². The summed E-state index contributed by atoms with van der Waals surface area (Å²) in [7, 11) is 0. The van der Waals surface area contributed by atoms with Gasteiger partial charge in [-0.25, -0.2) is 0 Å². The first-order chi connectivity index (χ1) is 11.3. The molecule has 0 radical (unpaired) electrons. The van der Waals surface area contributed by atoms with E-state index in [0.29, 0.717) is 12.2 Å². The molecule has 2 aromatic rings. The Bertz CT molecular complexity index is 598. The molecule has 5 nitrogen and oxygen atoms in total. The predicted molar refractivity (Wildman–Crippen MR) is 93.0 cm³/mol. The van der Waals surface area contributed by atoms with Gasteiger partial charge in [0.15, 0.2) is 11.5 Å². The van der Waals surface area contributed by atoms with Crippen LogP contribution in [0.25, 0.3) is 0 Å². The fourth-order valence-electron chi connectivity index (χ4n) is 2.34. The van der Waals surface area contributed by atoms with Gasteiger partial charge in [0.25, 0.3) is 5.91 Å². The summed E-state index contributed by atoms with van der Waals surface area (Å²) < 4.78 is 0. The zero-order valence-corrected chi connectivity index (χ0v) is 13.8. The average Bonchev–Trinajstić information content (AvgIpc) is 2.61. The van der Waals surface area contributed by atoms with Crippen molar-refractivity contribution in [2.24, 2.45) is 0 Å². The van der Waals surface area contributed by atoms with Crippen LogP contribution < -0.4 is 10.2 Å². The number of para-hydroxylation sites is 1. The van der Waals surface area contributed by atoms with Crippen molar-refractivity contribution in [3.05, 3.63) is 48.2 Å². The molecule has 1 aromatic carbocycles. The molecule has 0 saturated carbocycles. The van der Waals surface area contributed by atoms with Crippen molar-refractivity contribution < 1.29 is 4.79 Å². The van der Waals surface area contributed by atoms with E-state index in [2.05, 4.69) is 34.3 Å². The Morgan fingerprint density at radius 2 is 1.83 bits per heavy atom. The molecule has 0 spiro atoms. The van der Waals surface area contributed by atoms with Gasteiger partial charge in [-0.05, 0) is 37.6 Å². The van der Waals surface area contributed by atoms with E-state index < -0.39 is 0 Å². The van der Waals surface area contributed by atoms with Crippen molar-refractivity contribution in [1.29, 1.82) is 0 Å². The van der Waals surface area contributed by atoms with Crippen molar-refractivity contribution in [3.8, 4) is 0 Å². The molecule has 2 rings (SSSR count). The number of unbranched alkanes of at least 4 members (excludes halogenated alkanes) is 2. The van der Waals surface area contributed by atoms with Crippen LogP contribution in [0.15, 0.2) is 42.5 Å². The predicted octanol–water partition coefficient (Wildman–Crippen LogP) is 3.55. The second-order valence-electron chi connectivity index (χ2n) is 5.32. The van der Waals surface area contributed by atoms with Crippen LogP contribution >= 0.6 is 0 Å². The number of anilines is 2. The van der Waals surface area contributed by atoms with E-state index in [4.69, 9.17) is 0 Å². The quantitative estimate of drug-likeness (QED) is 0.757. The van der Waals surface area contributed by atoms with Gasteiger partial charge in [-0.3, -0.25) is 4.79 Å². The second kappa shape index (κ2) is 8.88. The highest BCUT2D eigenvalue weighted by Gasteiger charge is 2.11. The first kappa shape index (κ1) is 16.9. The third kappa shape index (κ3) is 4.77. The molecule has 1 amide bonds. The maximum absolute atomic E-state index is 12.0. The van der Waals surface area contributed by atoms with E-state index in [1.165, 1.54) is 0 Å².